The Morgan fingerprint density at radius 3 is 3.00 bits per heavy atom. The molecule has 1 nitrogen and oxygen atoms in total. The van der Waals surface area contributed by atoms with E-state index in [1.807, 2.05) is 0 Å². The van der Waals surface area contributed by atoms with E-state index in [4.69, 9.17) is 8.48 Å². The van der Waals surface area contributed by atoms with Crippen molar-refractivity contribution in [1.82, 2.24) is 0 Å². The van der Waals surface area contributed by atoms with Crippen molar-refractivity contribution >= 4 is 0 Å². The van der Waals surface area contributed by atoms with E-state index in [-0.39, 0.29) is 0 Å². The van der Waals surface area contributed by atoms with E-state index in [0.717, 1.165) is 0 Å². The van der Waals surface area contributed by atoms with Crippen molar-refractivity contribution < 1.29 is 2.74 Å². The molecule has 0 spiro atoms. The molecule has 0 radical (unpaired) electrons. The van der Waals surface area contributed by atoms with Gasteiger partial charge in [0.25, 0.3) is 0 Å². The Kier molecular flexibility index (Phi) is 1.01. The standard InChI is InChI=1S/C7H9N/c8-6-7-4-2-1-3-5-7/h1-5H,6,8H2/i4D,6D. The summed E-state index contributed by atoms with van der Waals surface area (Å²) in [6.45, 7) is -0.784. The maximum absolute atomic E-state index is 7.30. The third-order valence-electron chi connectivity index (χ3n) is 0.913. The van der Waals surface area contributed by atoms with Gasteiger partial charge < -0.3 is 5.73 Å². The Morgan fingerprint density at radius 1 is 1.62 bits per heavy atom. The normalized spacial score (nSPS) is 16.6. The first kappa shape index (κ1) is 3.25. The van der Waals surface area contributed by atoms with Gasteiger partial charge in [0.2, 0.25) is 0 Å². The Balaban J connectivity index is 3.03. The van der Waals surface area contributed by atoms with Crippen LogP contribution in [0.4, 0.5) is 0 Å². The van der Waals surface area contributed by atoms with E-state index in [1.165, 1.54) is 0 Å². The van der Waals surface area contributed by atoms with Crippen LogP contribution in [0.15, 0.2) is 30.3 Å². The average Bonchev–Trinajstić information content (AvgIpc) is 1.88. The summed E-state index contributed by atoms with van der Waals surface area (Å²) in [4.78, 5) is 0. The van der Waals surface area contributed by atoms with E-state index in [2.05, 4.69) is 0 Å². The Hall–Kier alpha value is -0.820. The summed E-state index contributed by atoms with van der Waals surface area (Å²) in [5.41, 5.74) is 5.83. The largest absolute Gasteiger partial charge is 0.326 e. The maximum Gasteiger partial charge on any atom is 0.0626 e. The van der Waals surface area contributed by atoms with Gasteiger partial charge >= 0.3 is 0 Å². The summed E-state index contributed by atoms with van der Waals surface area (Å²) in [6.07, 6.45) is 0. The van der Waals surface area contributed by atoms with Crippen LogP contribution in [0.1, 0.15) is 8.30 Å². The highest BCUT2D eigenvalue weighted by Gasteiger charge is 1.80. The van der Waals surface area contributed by atoms with Crippen molar-refractivity contribution in [1.29, 1.82) is 0 Å². The van der Waals surface area contributed by atoms with Gasteiger partial charge in [0, 0.05) is 7.89 Å². The third-order valence-corrected chi connectivity index (χ3v) is 0.913. The van der Waals surface area contributed by atoms with E-state index in [0.29, 0.717) is 11.6 Å². The molecule has 0 saturated heterocycles. The molecule has 0 heterocycles. The smallest absolute Gasteiger partial charge is 0.0626 e. The van der Waals surface area contributed by atoms with Crippen LogP contribution in [0, 0.1) is 0 Å². The summed E-state index contributed by atoms with van der Waals surface area (Å²) in [5, 5.41) is 0. The van der Waals surface area contributed by atoms with Gasteiger partial charge in [-0.1, -0.05) is 30.3 Å². The lowest BCUT2D eigenvalue weighted by atomic mass is 10.2. The van der Waals surface area contributed by atoms with Crippen LogP contribution >= 0.6 is 0 Å². The van der Waals surface area contributed by atoms with Crippen LogP contribution in [0.25, 0.3) is 0 Å². The van der Waals surface area contributed by atoms with Gasteiger partial charge in [-0.15, -0.1) is 0 Å². The first-order valence-corrected chi connectivity index (χ1v) is 2.45. The molecule has 0 saturated carbocycles. The minimum absolute atomic E-state index is 0.338. The molecule has 0 fully saturated rings. The second-order valence-corrected chi connectivity index (χ2v) is 1.48. The fourth-order valence-electron chi connectivity index (χ4n) is 0.511. The summed E-state index contributed by atoms with van der Waals surface area (Å²) in [7, 11) is 0. The molecule has 0 amide bonds. The Labute approximate surface area is 51.9 Å². The first-order valence-electron chi connectivity index (χ1n) is 3.53. The van der Waals surface area contributed by atoms with Gasteiger partial charge in [0.1, 0.15) is 0 Å². The lowest BCUT2D eigenvalue weighted by Crippen LogP contribution is -1.94. The van der Waals surface area contributed by atoms with E-state index < -0.39 is 6.52 Å². The predicted molar refractivity (Wildman–Crippen MR) is 34.3 cm³/mol. The Morgan fingerprint density at radius 2 is 2.50 bits per heavy atom. The van der Waals surface area contributed by atoms with E-state index >= 15 is 0 Å². The molecule has 0 bridgehead atoms. The average molecular weight is 109 g/mol. The van der Waals surface area contributed by atoms with Crippen molar-refractivity contribution in [2.45, 2.75) is 6.52 Å². The van der Waals surface area contributed by atoms with Crippen LogP contribution in [0.2, 0.25) is 0 Å². The van der Waals surface area contributed by atoms with Crippen LogP contribution in [-0.4, -0.2) is 0 Å². The molecule has 0 aromatic heterocycles. The van der Waals surface area contributed by atoms with Gasteiger partial charge in [0.05, 0.1) is 1.37 Å². The fraction of sp³-hybridized carbons (Fsp3) is 0.143. The minimum Gasteiger partial charge on any atom is -0.326 e. The molecule has 1 aromatic carbocycles. The molecule has 42 valence electrons. The fourth-order valence-corrected chi connectivity index (χ4v) is 0.511. The SMILES string of the molecule is [2H]c1ccccc1C([2H])N. The number of rotatable bonds is 1. The third kappa shape index (κ3) is 1.07. The molecule has 8 heavy (non-hydrogen) atoms. The molecule has 1 rings (SSSR count). The number of hydrogen-bond acceptors (Lipinski definition) is 1. The molecule has 1 unspecified atom stereocenters. The van der Waals surface area contributed by atoms with Crippen molar-refractivity contribution in [3.8, 4) is 0 Å². The molecule has 0 aliphatic rings. The van der Waals surface area contributed by atoms with Crippen molar-refractivity contribution in [2.75, 3.05) is 0 Å². The molecular formula is C7H9N. The van der Waals surface area contributed by atoms with Crippen molar-refractivity contribution in [3.05, 3.63) is 35.9 Å². The quantitative estimate of drug-likeness (QED) is 0.575. The molecule has 1 aromatic rings. The van der Waals surface area contributed by atoms with Gasteiger partial charge in [-0.2, -0.15) is 0 Å². The predicted octanol–water partition coefficient (Wildman–Crippen LogP) is 1.15. The second kappa shape index (κ2) is 2.48. The summed E-state index contributed by atoms with van der Waals surface area (Å²) >= 11 is 0. The number of benzene rings is 1. The highest BCUT2D eigenvalue weighted by Crippen LogP contribution is 1.94. The first-order chi connectivity index (χ1) is 4.72. The molecule has 2 N–H and O–H groups in total. The van der Waals surface area contributed by atoms with Crippen molar-refractivity contribution in [2.24, 2.45) is 5.73 Å². The van der Waals surface area contributed by atoms with Gasteiger partial charge in [-0.25, -0.2) is 0 Å². The van der Waals surface area contributed by atoms with Crippen LogP contribution in [0.5, 0.6) is 0 Å². The molecule has 1 heteroatoms. The Bertz CT molecular complexity index is 223. The molecule has 1 atom stereocenters. The molecule has 0 aliphatic heterocycles. The highest BCUT2D eigenvalue weighted by molar-refractivity contribution is 5.13. The summed E-state index contributed by atoms with van der Waals surface area (Å²) < 4.78 is 14.4. The lowest BCUT2D eigenvalue weighted by molar-refractivity contribution is 1.07. The summed E-state index contributed by atoms with van der Waals surface area (Å²) in [6, 6.07) is 7.20. The zero-order valence-corrected chi connectivity index (χ0v) is 4.46. The highest BCUT2D eigenvalue weighted by atomic mass is 14.5. The van der Waals surface area contributed by atoms with Gasteiger partial charge in [-0.05, 0) is 5.56 Å². The van der Waals surface area contributed by atoms with Crippen LogP contribution in [-0.2, 0) is 6.52 Å². The monoisotopic (exact) mass is 109 g/mol. The molecular weight excluding hydrogens is 98.1 g/mol. The minimum atomic E-state index is -0.784. The lowest BCUT2D eigenvalue weighted by Gasteiger charge is -1.90. The number of hydrogen-bond donors (Lipinski definition) is 1. The topological polar surface area (TPSA) is 26.0 Å². The number of nitrogens with two attached hydrogens (primary N) is 1. The van der Waals surface area contributed by atoms with E-state index in [1.54, 1.807) is 24.3 Å². The van der Waals surface area contributed by atoms with Crippen molar-refractivity contribution in [3.63, 3.8) is 0 Å². The zero-order valence-electron chi connectivity index (χ0n) is 6.46. The second-order valence-electron chi connectivity index (χ2n) is 1.48. The van der Waals surface area contributed by atoms with Crippen LogP contribution < -0.4 is 5.73 Å². The zero-order chi connectivity index (χ0) is 7.56. The molecule has 0 aliphatic carbocycles. The van der Waals surface area contributed by atoms with Crippen LogP contribution in [0.3, 0.4) is 0 Å². The maximum atomic E-state index is 7.30. The summed E-state index contributed by atoms with van der Waals surface area (Å²) in [5.74, 6) is 0. The van der Waals surface area contributed by atoms with Gasteiger partial charge in [-0.3, -0.25) is 0 Å². The van der Waals surface area contributed by atoms with E-state index in [9.17, 15) is 0 Å². The van der Waals surface area contributed by atoms with Gasteiger partial charge in [0.15, 0.2) is 0 Å².